The van der Waals surface area contributed by atoms with Crippen LogP contribution in [0.2, 0.25) is 5.02 Å². The third-order valence-corrected chi connectivity index (χ3v) is 4.66. The summed E-state index contributed by atoms with van der Waals surface area (Å²) in [5.41, 5.74) is 1.51. The summed E-state index contributed by atoms with van der Waals surface area (Å²) >= 11 is 6.01. The number of non-ortho nitro benzene ring substituents is 1. The van der Waals surface area contributed by atoms with Gasteiger partial charge in [-0.1, -0.05) is 37.6 Å². The predicted octanol–water partition coefficient (Wildman–Crippen LogP) is 5.42. The summed E-state index contributed by atoms with van der Waals surface area (Å²) < 4.78 is 0. The highest BCUT2D eigenvalue weighted by Gasteiger charge is 2.15. The van der Waals surface area contributed by atoms with Crippen LogP contribution in [0.5, 0.6) is 0 Å². The minimum absolute atomic E-state index is 0.0714. The Morgan fingerprint density at radius 3 is 2.37 bits per heavy atom. The summed E-state index contributed by atoms with van der Waals surface area (Å²) in [6.45, 7) is 6.17. The number of hydrogen-bond acceptors (Lipinski definition) is 5. The average Bonchev–Trinajstić information content (AvgIpc) is 2.73. The largest absolute Gasteiger partial charge is 0.372 e. The second kappa shape index (κ2) is 11.0. The fourth-order valence-electron chi connectivity index (χ4n) is 2.92. The van der Waals surface area contributed by atoms with Crippen molar-refractivity contribution in [3.8, 4) is 6.07 Å². The highest BCUT2D eigenvalue weighted by Crippen LogP contribution is 2.27. The van der Waals surface area contributed by atoms with Gasteiger partial charge in [-0.3, -0.25) is 14.9 Å². The smallest absolute Gasteiger partial charge is 0.271 e. The lowest BCUT2D eigenvalue weighted by molar-refractivity contribution is -0.384. The summed E-state index contributed by atoms with van der Waals surface area (Å²) in [6.07, 6.45) is 3.55. The number of amides is 1. The van der Waals surface area contributed by atoms with Crippen molar-refractivity contribution in [3.63, 3.8) is 0 Å². The molecule has 2 rings (SSSR count). The van der Waals surface area contributed by atoms with Crippen LogP contribution in [0.15, 0.2) is 48.0 Å². The molecule has 0 fully saturated rings. The van der Waals surface area contributed by atoms with Crippen molar-refractivity contribution in [1.82, 2.24) is 0 Å². The van der Waals surface area contributed by atoms with Gasteiger partial charge in [-0.05, 0) is 42.7 Å². The highest BCUT2D eigenvalue weighted by atomic mass is 35.5. The number of benzene rings is 2. The molecule has 0 aliphatic heterocycles. The summed E-state index contributed by atoms with van der Waals surface area (Å²) in [6, 6.07) is 13.2. The van der Waals surface area contributed by atoms with Gasteiger partial charge in [0.1, 0.15) is 11.6 Å². The molecule has 0 aliphatic rings. The van der Waals surface area contributed by atoms with E-state index < -0.39 is 10.8 Å². The molecule has 30 heavy (non-hydrogen) atoms. The first-order chi connectivity index (χ1) is 14.4. The third kappa shape index (κ3) is 6.06. The van der Waals surface area contributed by atoms with Crippen molar-refractivity contribution in [2.45, 2.75) is 26.7 Å². The second-order valence-corrected chi connectivity index (χ2v) is 7.03. The molecule has 0 unspecified atom stereocenters. The molecule has 1 amide bonds. The molecule has 8 heteroatoms. The maximum absolute atomic E-state index is 12.5. The van der Waals surface area contributed by atoms with E-state index in [9.17, 15) is 20.2 Å². The first kappa shape index (κ1) is 22.9. The van der Waals surface area contributed by atoms with Crippen molar-refractivity contribution in [1.29, 1.82) is 5.26 Å². The number of nitro benzene ring substituents is 1. The molecule has 0 saturated heterocycles. The minimum Gasteiger partial charge on any atom is -0.372 e. The number of hydrogen-bond donors (Lipinski definition) is 1. The van der Waals surface area contributed by atoms with Crippen molar-refractivity contribution in [3.05, 3.63) is 68.7 Å². The molecule has 0 spiro atoms. The molecule has 0 aromatic heterocycles. The highest BCUT2D eigenvalue weighted by molar-refractivity contribution is 6.34. The lowest BCUT2D eigenvalue weighted by atomic mass is 10.1. The van der Waals surface area contributed by atoms with E-state index in [1.807, 2.05) is 30.3 Å². The molecule has 0 atom stereocenters. The molecule has 0 radical (unpaired) electrons. The number of nitro groups is 1. The van der Waals surface area contributed by atoms with E-state index in [1.54, 1.807) is 0 Å². The van der Waals surface area contributed by atoms with E-state index in [2.05, 4.69) is 24.1 Å². The van der Waals surface area contributed by atoms with Gasteiger partial charge in [0.15, 0.2) is 0 Å². The molecular formula is C22H23ClN4O3. The van der Waals surface area contributed by atoms with Gasteiger partial charge in [0.05, 0.1) is 15.6 Å². The van der Waals surface area contributed by atoms with Gasteiger partial charge in [0.2, 0.25) is 0 Å². The standard InChI is InChI=1S/C22H23ClN4O3/c1-3-11-26(12-4-2)18-7-5-16(6-8-18)13-17(15-24)22(28)25-21-14-19(27(29)30)9-10-20(21)23/h5-10,13-14H,3-4,11-12H2,1-2H3,(H,25,28)/b17-13+. The quantitative estimate of drug-likeness (QED) is 0.250. The molecule has 7 nitrogen and oxygen atoms in total. The fraction of sp³-hybridized carbons (Fsp3) is 0.273. The Hall–Kier alpha value is -3.37. The van der Waals surface area contributed by atoms with E-state index in [0.29, 0.717) is 5.56 Å². The summed E-state index contributed by atoms with van der Waals surface area (Å²) in [7, 11) is 0. The zero-order valence-corrected chi connectivity index (χ0v) is 17.6. The van der Waals surface area contributed by atoms with Gasteiger partial charge in [0.25, 0.3) is 11.6 Å². The predicted molar refractivity (Wildman–Crippen MR) is 120 cm³/mol. The third-order valence-electron chi connectivity index (χ3n) is 4.33. The number of nitriles is 1. The van der Waals surface area contributed by atoms with Gasteiger partial charge >= 0.3 is 0 Å². The molecular weight excluding hydrogens is 404 g/mol. The number of anilines is 2. The van der Waals surface area contributed by atoms with Crippen LogP contribution in [0.3, 0.4) is 0 Å². The van der Waals surface area contributed by atoms with Gasteiger partial charge in [-0.25, -0.2) is 0 Å². The Morgan fingerprint density at radius 2 is 1.83 bits per heavy atom. The van der Waals surface area contributed by atoms with Crippen molar-refractivity contribution < 1.29 is 9.72 Å². The van der Waals surface area contributed by atoms with Crippen LogP contribution in [0.25, 0.3) is 6.08 Å². The normalized spacial score (nSPS) is 10.9. The van der Waals surface area contributed by atoms with Gasteiger partial charge in [-0.15, -0.1) is 0 Å². The maximum atomic E-state index is 12.5. The van der Waals surface area contributed by atoms with Crippen LogP contribution in [-0.4, -0.2) is 23.9 Å². The molecule has 1 N–H and O–H groups in total. The Kier molecular flexibility index (Phi) is 8.39. The average molecular weight is 427 g/mol. The minimum atomic E-state index is -0.692. The summed E-state index contributed by atoms with van der Waals surface area (Å²) in [5, 5.41) is 22.9. The zero-order valence-electron chi connectivity index (χ0n) is 16.9. The van der Waals surface area contributed by atoms with Gasteiger partial charge in [-0.2, -0.15) is 5.26 Å². The zero-order chi connectivity index (χ0) is 22.1. The van der Waals surface area contributed by atoms with Crippen molar-refractivity contribution in [2.75, 3.05) is 23.3 Å². The van der Waals surface area contributed by atoms with Crippen LogP contribution >= 0.6 is 11.6 Å². The molecule has 0 aliphatic carbocycles. The lowest BCUT2D eigenvalue weighted by Gasteiger charge is -2.23. The fourth-order valence-corrected chi connectivity index (χ4v) is 3.08. The number of nitrogens with one attached hydrogen (secondary N) is 1. The van der Waals surface area contributed by atoms with E-state index in [0.717, 1.165) is 37.7 Å². The number of carbonyl (C=O) groups is 1. The van der Waals surface area contributed by atoms with Gasteiger partial charge in [0, 0.05) is 30.9 Å². The lowest BCUT2D eigenvalue weighted by Crippen LogP contribution is -2.24. The molecule has 0 saturated carbocycles. The molecule has 2 aromatic rings. The van der Waals surface area contributed by atoms with Crippen LogP contribution in [0.1, 0.15) is 32.3 Å². The molecule has 0 heterocycles. The maximum Gasteiger partial charge on any atom is 0.271 e. The molecule has 156 valence electrons. The Bertz CT molecular complexity index is 975. The van der Waals surface area contributed by atoms with Crippen LogP contribution in [-0.2, 0) is 4.79 Å². The number of carbonyl (C=O) groups excluding carboxylic acids is 1. The van der Waals surface area contributed by atoms with E-state index in [1.165, 1.54) is 18.2 Å². The Labute approximate surface area is 180 Å². The molecule has 0 bridgehead atoms. The Balaban J connectivity index is 2.21. The summed E-state index contributed by atoms with van der Waals surface area (Å²) in [4.78, 5) is 25.1. The van der Waals surface area contributed by atoms with Crippen molar-refractivity contribution >= 4 is 40.6 Å². The van der Waals surface area contributed by atoms with E-state index >= 15 is 0 Å². The van der Waals surface area contributed by atoms with E-state index in [4.69, 9.17) is 11.6 Å². The second-order valence-electron chi connectivity index (χ2n) is 6.62. The van der Waals surface area contributed by atoms with Crippen LogP contribution in [0, 0.1) is 21.4 Å². The van der Waals surface area contributed by atoms with E-state index in [-0.39, 0.29) is 22.0 Å². The Morgan fingerprint density at radius 1 is 1.20 bits per heavy atom. The first-order valence-corrected chi connectivity index (χ1v) is 9.99. The monoisotopic (exact) mass is 426 g/mol. The number of halogens is 1. The number of rotatable bonds is 9. The van der Waals surface area contributed by atoms with Gasteiger partial charge < -0.3 is 10.2 Å². The van der Waals surface area contributed by atoms with Crippen LogP contribution in [0.4, 0.5) is 17.1 Å². The molecule has 2 aromatic carbocycles. The number of nitrogens with zero attached hydrogens (tertiary/aromatic N) is 3. The topological polar surface area (TPSA) is 99.3 Å². The summed E-state index contributed by atoms with van der Waals surface area (Å²) in [5.74, 6) is -0.692. The SMILES string of the molecule is CCCN(CCC)c1ccc(/C=C(\C#N)C(=O)Nc2cc([N+](=O)[O-])ccc2Cl)cc1. The first-order valence-electron chi connectivity index (χ1n) is 9.61. The van der Waals surface area contributed by atoms with Crippen LogP contribution < -0.4 is 10.2 Å². The van der Waals surface area contributed by atoms with Crippen molar-refractivity contribution in [2.24, 2.45) is 0 Å².